The quantitative estimate of drug-likeness (QED) is 0.191. The van der Waals surface area contributed by atoms with Gasteiger partial charge in [0.2, 0.25) is 0 Å². The van der Waals surface area contributed by atoms with Crippen LogP contribution in [0.1, 0.15) is 88.8 Å². The molecule has 0 aromatic heterocycles. The third kappa shape index (κ3) is 4.83. The molecule has 0 amide bonds. The Morgan fingerprint density at radius 3 is 1.21 bits per heavy atom. The third-order valence-electron chi connectivity index (χ3n) is 9.76. The molecule has 0 spiro atoms. The van der Waals surface area contributed by atoms with E-state index in [-0.39, 0.29) is 5.04 Å². The Balaban J connectivity index is 2.36. The molecule has 0 bridgehead atoms. The van der Waals surface area contributed by atoms with Gasteiger partial charge in [-0.2, -0.15) is 0 Å². The van der Waals surface area contributed by atoms with Crippen LogP contribution in [0.4, 0.5) is 0 Å². The van der Waals surface area contributed by atoms with Crippen LogP contribution < -0.4 is 15.6 Å². The van der Waals surface area contributed by atoms with Crippen LogP contribution in [0.25, 0.3) is 0 Å². The molecule has 0 saturated heterocycles. The van der Waals surface area contributed by atoms with Crippen molar-refractivity contribution in [2.75, 3.05) is 0 Å². The average molecular weight is 568 g/mol. The molecule has 3 aromatic rings. The maximum atomic E-state index is 2.61. The number of rotatable bonds is 8. The van der Waals surface area contributed by atoms with E-state index in [0.29, 0.717) is 0 Å². The van der Waals surface area contributed by atoms with E-state index in [9.17, 15) is 0 Å². The Morgan fingerprint density at radius 1 is 0.538 bits per heavy atom. The first-order valence-corrected chi connectivity index (χ1v) is 17.7. The van der Waals surface area contributed by atoms with Crippen molar-refractivity contribution in [2.45, 2.75) is 100.0 Å². The van der Waals surface area contributed by atoms with E-state index >= 15 is 0 Å². The molecule has 1 aliphatic rings. The van der Waals surface area contributed by atoms with Gasteiger partial charge in [0.25, 0.3) is 0 Å². The van der Waals surface area contributed by atoms with Gasteiger partial charge in [0.15, 0.2) is 0 Å². The standard InChI is InChI=1S/C37H47Si.Ti/c1-11-30-18-31(12-2)21-35(20-30)38(34-16-25(5)15-26(6)17-34,37(10)24-27(7)28(8)29(37)9)36-22-32(13-3)19-33(14-4)23-36;/h15-23H,11-14H2,1-10H3;. The fourth-order valence-electron chi connectivity index (χ4n) is 7.21. The normalized spacial score (nSPS) is 17.9. The summed E-state index contributed by atoms with van der Waals surface area (Å²) >= 11 is 2.44. The predicted octanol–water partition coefficient (Wildman–Crippen LogP) is 7.95. The van der Waals surface area contributed by atoms with Gasteiger partial charge in [-0.1, -0.05) is 0 Å². The molecule has 0 saturated carbocycles. The fraction of sp³-hybridized carbons (Fsp3) is 0.405. The molecule has 1 atom stereocenters. The Hall–Kier alpha value is -1.93. The molecule has 0 nitrogen and oxygen atoms in total. The summed E-state index contributed by atoms with van der Waals surface area (Å²) in [6.07, 6.45) is 4.25. The molecule has 0 radical (unpaired) electrons. The van der Waals surface area contributed by atoms with Crippen molar-refractivity contribution in [3.8, 4) is 0 Å². The molecule has 4 rings (SSSR count). The Bertz CT molecular complexity index is 1320. The maximum absolute atomic E-state index is 2.69. The second-order valence-electron chi connectivity index (χ2n) is 12.0. The molecular weight excluding hydrogens is 520 g/mol. The summed E-state index contributed by atoms with van der Waals surface area (Å²) in [6, 6.07) is 22.7. The minimum absolute atomic E-state index is 0.0733. The summed E-state index contributed by atoms with van der Waals surface area (Å²) in [5.41, 5.74) is 13.1. The molecule has 0 heterocycles. The summed E-state index contributed by atoms with van der Waals surface area (Å²) in [4.78, 5) is 0. The molecule has 1 aliphatic carbocycles. The van der Waals surface area contributed by atoms with Gasteiger partial charge < -0.3 is 0 Å². The van der Waals surface area contributed by atoms with Crippen molar-refractivity contribution in [2.24, 2.45) is 0 Å². The minimum atomic E-state index is -2.69. The monoisotopic (exact) mass is 567 g/mol. The Kier molecular flexibility index (Phi) is 8.87. The molecular formula is C37H47SiTi. The van der Waals surface area contributed by atoms with Crippen molar-refractivity contribution in [1.82, 2.24) is 0 Å². The van der Waals surface area contributed by atoms with E-state index in [1.54, 1.807) is 25.0 Å². The number of hydrogen-bond donors (Lipinski definition) is 0. The zero-order valence-electron chi connectivity index (χ0n) is 26.0. The Labute approximate surface area is 251 Å². The van der Waals surface area contributed by atoms with Gasteiger partial charge in [-0.3, -0.25) is 0 Å². The topological polar surface area (TPSA) is 0 Å². The van der Waals surface area contributed by atoms with E-state index in [0.717, 1.165) is 25.7 Å². The number of hydrogen-bond acceptors (Lipinski definition) is 0. The molecule has 0 fully saturated rings. The first-order chi connectivity index (χ1) is 18.5. The SMILES string of the molecule is CCc1cc(CC)cc([Si](c2cc(C)cc(C)c2)(c2cc(CC)cc(CC)c2)C2(C)C(C)=C(C)C(C)=[C]2[Ti])c1. The van der Waals surface area contributed by atoms with Crippen molar-refractivity contribution in [3.63, 3.8) is 0 Å². The van der Waals surface area contributed by atoms with Gasteiger partial charge in [-0.15, -0.1) is 0 Å². The van der Waals surface area contributed by atoms with E-state index in [1.165, 1.54) is 44.5 Å². The van der Waals surface area contributed by atoms with Crippen LogP contribution in [-0.4, -0.2) is 8.07 Å². The van der Waals surface area contributed by atoms with Crippen LogP contribution in [0, 0.1) is 13.8 Å². The molecule has 39 heavy (non-hydrogen) atoms. The van der Waals surface area contributed by atoms with Gasteiger partial charge in [0.1, 0.15) is 0 Å². The summed E-state index contributed by atoms with van der Waals surface area (Å²) in [5.74, 6) is 0. The second kappa shape index (κ2) is 11.5. The van der Waals surface area contributed by atoms with Crippen LogP contribution in [0.5, 0.6) is 0 Å². The summed E-state index contributed by atoms with van der Waals surface area (Å²) in [6.45, 7) is 23.6. The van der Waals surface area contributed by atoms with Gasteiger partial charge in [-0.05, 0) is 0 Å². The van der Waals surface area contributed by atoms with E-state index in [1.807, 2.05) is 0 Å². The number of aryl methyl sites for hydroxylation is 6. The molecule has 203 valence electrons. The third-order valence-corrected chi connectivity index (χ3v) is 17.1. The van der Waals surface area contributed by atoms with E-state index in [4.69, 9.17) is 0 Å². The molecule has 0 aliphatic heterocycles. The van der Waals surface area contributed by atoms with Crippen LogP contribution >= 0.6 is 0 Å². The van der Waals surface area contributed by atoms with Crippen LogP contribution in [0.2, 0.25) is 5.04 Å². The number of benzene rings is 3. The van der Waals surface area contributed by atoms with Crippen LogP contribution in [0.3, 0.4) is 0 Å². The number of allylic oxidation sites excluding steroid dienone is 4. The van der Waals surface area contributed by atoms with Crippen molar-refractivity contribution >= 4 is 23.6 Å². The summed E-state index contributed by atoms with van der Waals surface area (Å²) < 4.78 is 1.56. The fourth-order valence-corrected chi connectivity index (χ4v) is 15.2. The summed E-state index contributed by atoms with van der Waals surface area (Å²) in [7, 11) is -2.69. The first kappa shape index (κ1) is 30.0. The van der Waals surface area contributed by atoms with E-state index < -0.39 is 8.07 Å². The zero-order chi connectivity index (χ0) is 28.7. The van der Waals surface area contributed by atoms with Crippen LogP contribution in [-0.2, 0) is 46.1 Å². The second-order valence-corrected chi connectivity index (χ2v) is 17.0. The average Bonchev–Trinajstić information content (AvgIpc) is 3.08. The molecule has 2 heteroatoms. The van der Waals surface area contributed by atoms with E-state index in [2.05, 4.69) is 144 Å². The summed E-state index contributed by atoms with van der Waals surface area (Å²) in [5, 5.41) is 4.62. The van der Waals surface area contributed by atoms with Gasteiger partial charge in [0, 0.05) is 0 Å². The predicted molar refractivity (Wildman–Crippen MR) is 170 cm³/mol. The zero-order valence-corrected chi connectivity index (χ0v) is 28.6. The van der Waals surface area contributed by atoms with Crippen molar-refractivity contribution in [1.29, 1.82) is 0 Å². The van der Waals surface area contributed by atoms with Gasteiger partial charge >= 0.3 is 253 Å². The Morgan fingerprint density at radius 2 is 0.897 bits per heavy atom. The molecule has 1 unspecified atom stereocenters. The first-order valence-electron chi connectivity index (χ1n) is 14.9. The van der Waals surface area contributed by atoms with Gasteiger partial charge in [-0.25, -0.2) is 0 Å². The van der Waals surface area contributed by atoms with Gasteiger partial charge in [0.05, 0.1) is 0 Å². The molecule has 0 N–H and O–H groups in total. The molecule has 3 aromatic carbocycles. The van der Waals surface area contributed by atoms with Crippen molar-refractivity contribution < 1.29 is 20.4 Å². The van der Waals surface area contributed by atoms with Crippen LogP contribution in [0.15, 0.2) is 75.2 Å². The van der Waals surface area contributed by atoms with Crippen molar-refractivity contribution in [3.05, 3.63) is 109 Å².